The summed E-state index contributed by atoms with van der Waals surface area (Å²) in [4.78, 5) is 90.7. The number of halogens is 2. The molecule has 8 rings (SSSR count). The molecule has 6 heterocycles. The molecule has 0 bridgehead atoms. The fourth-order valence-corrected chi connectivity index (χ4v) is 8.89. The fourth-order valence-electron chi connectivity index (χ4n) is 7.95. The summed E-state index contributed by atoms with van der Waals surface area (Å²) in [6.45, 7) is -0.968. The van der Waals surface area contributed by atoms with Gasteiger partial charge in [-0.05, 0) is 73.8 Å². The van der Waals surface area contributed by atoms with Gasteiger partial charge in [0.2, 0.25) is 11.8 Å². The number of nitrogens with two attached hydrogens (primary N) is 2. The Morgan fingerprint density at radius 2 is 1.54 bits per heavy atom. The predicted octanol–water partition coefficient (Wildman–Crippen LogP) is 4.71. The van der Waals surface area contributed by atoms with Crippen molar-refractivity contribution >= 4 is 52.3 Å². The van der Waals surface area contributed by atoms with E-state index in [1.807, 2.05) is 24.3 Å². The molecule has 7 N–H and O–H groups in total. The number of hydrogen-bond acceptors (Lipinski definition) is 16. The Labute approximate surface area is 401 Å². The lowest BCUT2D eigenvalue weighted by Crippen LogP contribution is -2.52. The molecule has 0 radical (unpaired) electrons. The molecule has 2 aromatic carbocycles. The van der Waals surface area contributed by atoms with Crippen LogP contribution in [-0.2, 0) is 29.3 Å². The minimum atomic E-state index is -3.16. The van der Waals surface area contributed by atoms with Crippen LogP contribution in [0.3, 0.4) is 0 Å². The number of hydrogen-bond donors (Lipinski definition) is 5. The van der Waals surface area contributed by atoms with Crippen LogP contribution in [0.4, 0.5) is 26.1 Å². The molecule has 70 heavy (non-hydrogen) atoms. The summed E-state index contributed by atoms with van der Waals surface area (Å²) in [5.74, 6) is -1.51. The number of alkyl halides is 2. The number of aromatic nitrogens is 5. The Kier molecular flexibility index (Phi) is 15.2. The summed E-state index contributed by atoms with van der Waals surface area (Å²) in [6.07, 6.45) is 9.83. The number of pyridine rings is 1. The van der Waals surface area contributed by atoms with Crippen LogP contribution in [0.5, 0.6) is 17.2 Å². The van der Waals surface area contributed by atoms with Gasteiger partial charge in [0.05, 0.1) is 41.6 Å². The minimum absolute atomic E-state index is 0.0213. The number of fused-ring (bicyclic) bond motifs is 1. The first kappa shape index (κ1) is 48.4. The van der Waals surface area contributed by atoms with Crippen molar-refractivity contribution in [3.8, 4) is 28.6 Å². The average molecular weight is 980 g/mol. The number of imide groups is 1. The number of piperidine rings is 1. The summed E-state index contributed by atoms with van der Waals surface area (Å²) in [6, 6.07) is 13.5. The van der Waals surface area contributed by atoms with Gasteiger partial charge in [-0.3, -0.25) is 38.6 Å². The van der Waals surface area contributed by atoms with Crippen LogP contribution in [0.25, 0.3) is 11.4 Å². The number of rotatable bonds is 21. The second-order valence-corrected chi connectivity index (χ2v) is 17.2. The molecular formula is C47H47F2N11O9S. The number of carbonyl (C=O) groups excluding carboxylic acids is 4. The van der Waals surface area contributed by atoms with Gasteiger partial charge in [0, 0.05) is 53.3 Å². The lowest BCUT2D eigenvalue weighted by atomic mass is 10.0. The van der Waals surface area contributed by atoms with Crippen molar-refractivity contribution in [1.82, 2.24) is 39.6 Å². The number of benzene rings is 2. The number of ether oxygens (including phenoxy) is 3. The molecular weight excluding hydrogens is 933 g/mol. The topological polar surface area (TPSA) is 270 Å². The summed E-state index contributed by atoms with van der Waals surface area (Å²) in [5.41, 5.74) is 12.3. The van der Waals surface area contributed by atoms with Gasteiger partial charge in [-0.2, -0.15) is 18.7 Å². The maximum atomic E-state index is 13.9. The average Bonchev–Trinajstić information content (AvgIpc) is 3.88. The number of carbonyl (C=O) groups is 4. The van der Waals surface area contributed by atoms with E-state index < -0.39 is 35.8 Å². The van der Waals surface area contributed by atoms with Crippen molar-refractivity contribution in [1.29, 1.82) is 0 Å². The predicted molar refractivity (Wildman–Crippen MR) is 252 cm³/mol. The van der Waals surface area contributed by atoms with E-state index in [9.17, 15) is 37.5 Å². The number of amides is 4. The Bertz CT molecular complexity index is 2960. The van der Waals surface area contributed by atoms with E-state index in [0.29, 0.717) is 37.2 Å². The largest absolute Gasteiger partial charge is 0.490 e. The highest BCUT2D eigenvalue weighted by atomic mass is 32.1. The molecule has 364 valence electrons. The summed E-state index contributed by atoms with van der Waals surface area (Å²) in [5, 5.41) is 10.3. The lowest BCUT2D eigenvalue weighted by molar-refractivity contribution is -0.136. The van der Waals surface area contributed by atoms with Gasteiger partial charge in [-0.25, -0.2) is 9.59 Å². The van der Waals surface area contributed by atoms with Crippen LogP contribution in [0.15, 0.2) is 94.4 Å². The molecule has 1 saturated heterocycles. The third-order valence-electron chi connectivity index (χ3n) is 11.5. The Morgan fingerprint density at radius 3 is 2.21 bits per heavy atom. The molecule has 0 spiro atoms. The maximum Gasteiger partial charge on any atom is 0.387 e. The molecule has 0 aliphatic carbocycles. The van der Waals surface area contributed by atoms with E-state index in [0.717, 1.165) is 57.4 Å². The standard InChI is InChI=1S/C47H47F2N11O9S/c48-45(49)69-35-12-8-28(42(62)57-41-33(58-17-14-38(50)54-46(58)65)22-53-23-34(41)59-18-15-39(51)55-47(59)66)20-36(35)67-19-5-3-1-2-4-16-52-21-27-6-9-29(10-7-27)68-25-37-30-24-60(44(64)31(30)26-70-37)32-11-13-40(61)56-43(32)63/h6-10,12,14-15,17-18,20,22-23,26,32,45,52H,1-5,11,13,16,19,21,24-25H2,(H2,50,54,65)(H2,51,55,66)(H,53,57,62)(H,56,61,63). The van der Waals surface area contributed by atoms with Crippen LogP contribution in [0.2, 0.25) is 0 Å². The highest BCUT2D eigenvalue weighted by molar-refractivity contribution is 7.10. The van der Waals surface area contributed by atoms with Crippen molar-refractivity contribution in [3.05, 3.63) is 133 Å². The Balaban J connectivity index is 0.783. The number of nitrogens with one attached hydrogen (secondary N) is 3. The monoisotopic (exact) mass is 979 g/mol. The second kappa shape index (κ2) is 21.9. The molecule has 4 amide bonds. The highest BCUT2D eigenvalue weighted by Crippen LogP contribution is 2.35. The fraction of sp³-hybridized carbons (Fsp3) is 0.298. The number of thiophene rings is 1. The Hall–Kier alpha value is -8.05. The quantitative estimate of drug-likeness (QED) is 0.0483. The first-order valence-electron chi connectivity index (χ1n) is 22.2. The summed E-state index contributed by atoms with van der Waals surface area (Å²) in [7, 11) is 0. The van der Waals surface area contributed by atoms with Gasteiger partial charge in [0.15, 0.2) is 11.5 Å². The molecule has 23 heteroatoms. The van der Waals surface area contributed by atoms with E-state index >= 15 is 0 Å². The third-order valence-corrected chi connectivity index (χ3v) is 12.5. The normalized spacial score (nSPS) is 14.4. The molecule has 1 fully saturated rings. The molecule has 20 nitrogen and oxygen atoms in total. The zero-order chi connectivity index (χ0) is 49.3. The first-order chi connectivity index (χ1) is 33.8. The van der Waals surface area contributed by atoms with Crippen LogP contribution < -0.4 is 53.0 Å². The van der Waals surface area contributed by atoms with Gasteiger partial charge in [0.1, 0.15) is 30.0 Å². The highest BCUT2D eigenvalue weighted by Gasteiger charge is 2.40. The Morgan fingerprint density at radius 1 is 0.857 bits per heavy atom. The first-order valence-corrected chi connectivity index (χ1v) is 23.1. The van der Waals surface area contributed by atoms with Gasteiger partial charge in [0.25, 0.3) is 11.8 Å². The van der Waals surface area contributed by atoms with Crippen molar-refractivity contribution in [3.63, 3.8) is 0 Å². The number of nitrogens with zero attached hydrogens (tertiary/aromatic N) is 6. The van der Waals surface area contributed by atoms with Gasteiger partial charge < -0.3 is 41.2 Å². The zero-order valence-corrected chi connectivity index (χ0v) is 38.2. The molecule has 2 aliphatic rings. The van der Waals surface area contributed by atoms with Gasteiger partial charge in [-0.15, -0.1) is 11.3 Å². The van der Waals surface area contributed by atoms with Gasteiger partial charge >= 0.3 is 18.0 Å². The van der Waals surface area contributed by atoms with E-state index in [-0.39, 0.29) is 77.2 Å². The van der Waals surface area contributed by atoms with E-state index in [2.05, 4.69) is 35.6 Å². The van der Waals surface area contributed by atoms with Crippen molar-refractivity contribution in [2.45, 2.75) is 77.3 Å². The second-order valence-electron chi connectivity index (χ2n) is 16.2. The van der Waals surface area contributed by atoms with E-state index in [4.69, 9.17) is 20.9 Å². The molecule has 1 atom stereocenters. The molecule has 2 aliphatic heterocycles. The van der Waals surface area contributed by atoms with Crippen LogP contribution in [-0.4, -0.2) is 78.4 Å². The molecule has 0 saturated carbocycles. The van der Waals surface area contributed by atoms with Crippen LogP contribution >= 0.6 is 11.3 Å². The molecule has 1 unspecified atom stereocenters. The van der Waals surface area contributed by atoms with Crippen LogP contribution in [0, 0.1) is 0 Å². The molecule has 4 aromatic heterocycles. The zero-order valence-electron chi connectivity index (χ0n) is 37.4. The number of nitrogen functional groups attached to an aromatic ring is 2. The molecule has 6 aromatic rings. The van der Waals surface area contributed by atoms with Crippen molar-refractivity contribution in [2.24, 2.45) is 0 Å². The number of anilines is 3. The summed E-state index contributed by atoms with van der Waals surface area (Å²) >= 11 is 1.45. The number of unbranched alkanes of at least 4 members (excludes halogenated alkanes) is 4. The maximum absolute atomic E-state index is 13.9. The minimum Gasteiger partial charge on any atom is -0.490 e. The van der Waals surface area contributed by atoms with E-state index in [1.54, 1.807) is 5.38 Å². The smallest absolute Gasteiger partial charge is 0.387 e. The van der Waals surface area contributed by atoms with Gasteiger partial charge in [-0.1, -0.05) is 31.4 Å². The van der Waals surface area contributed by atoms with Crippen molar-refractivity contribution < 1.29 is 42.2 Å². The third kappa shape index (κ3) is 11.4. The SMILES string of the molecule is Nc1ccn(-c2cncc(-n3ccc(N)nc3=O)c2NC(=O)c2ccc(OC(F)F)c(OCCCCCCCNCc3ccc(OCc4scc5c4CN(C4CCC(=O)NC4=O)C5=O)cc3)c2)c(=O)n1. The van der Waals surface area contributed by atoms with Crippen molar-refractivity contribution in [2.75, 3.05) is 29.9 Å². The van der Waals surface area contributed by atoms with Crippen LogP contribution in [0.1, 0.15) is 81.7 Å². The summed E-state index contributed by atoms with van der Waals surface area (Å²) < 4.78 is 45.6. The lowest BCUT2D eigenvalue weighted by Gasteiger charge is -2.29. The van der Waals surface area contributed by atoms with E-state index in [1.165, 1.54) is 71.4 Å².